The van der Waals surface area contributed by atoms with E-state index in [4.69, 9.17) is 9.47 Å². The fourth-order valence-electron chi connectivity index (χ4n) is 2.92. The molecule has 4 rings (SSSR count). The van der Waals surface area contributed by atoms with Crippen LogP contribution < -0.4 is 25.8 Å². The molecule has 0 spiro atoms. The Hall–Kier alpha value is -3.61. The number of benzene rings is 2. The molecule has 0 aliphatic rings. The predicted molar refractivity (Wildman–Crippen MR) is 97.9 cm³/mol. The molecule has 0 saturated carbocycles. The van der Waals surface area contributed by atoms with Crippen molar-refractivity contribution in [3.63, 3.8) is 0 Å². The molecule has 26 heavy (non-hydrogen) atoms. The van der Waals surface area contributed by atoms with Crippen LogP contribution in [0, 0.1) is 0 Å². The van der Waals surface area contributed by atoms with Crippen molar-refractivity contribution in [2.75, 3.05) is 14.2 Å². The van der Waals surface area contributed by atoms with Crippen LogP contribution in [-0.2, 0) is 0 Å². The van der Waals surface area contributed by atoms with Gasteiger partial charge in [0, 0.05) is 0 Å². The van der Waals surface area contributed by atoms with Crippen LogP contribution in [0.25, 0.3) is 22.6 Å². The van der Waals surface area contributed by atoms with E-state index in [1.54, 1.807) is 62.8 Å². The summed E-state index contributed by atoms with van der Waals surface area (Å²) < 4.78 is 11.7. The highest BCUT2D eigenvalue weighted by Gasteiger charge is 2.11. The minimum atomic E-state index is -0.389. The lowest BCUT2D eigenvalue weighted by atomic mass is 10.1. The summed E-state index contributed by atoms with van der Waals surface area (Å²) in [6.45, 7) is 0. The molecule has 0 amide bonds. The van der Waals surface area contributed by atoms with Crippen molar-refractivity contribution in [1.29, 1.82) is 0 Å². The number of para-hydroxylation sites is 1. The first-order valence-corrected chi connectivity index (χ1v) is 7.89. The maximum Gasteiger partial charge on any atom is 0.280 e. The van der Waals surface area contributed by atoms with Crippen LogP contribution in [0.3, 0.4) is 0 Å². The van der Waals surface area contributed by atoms with Gasteiger partial charge in [0.15, 0.2) is 17.1 Å². The second-order valence-corrected chi connectivity index (χ2v) is 5.71. The lowest BCUT2D eigenvalue weighted by Crippen LogP contribution is -2.21. The largest absolute Gasteiger partial charge is 0.493 e. The van der Waals surface area contributed by atoms with Gasteiger partial charge in [0.25, 0.3) is 11.1 Å². The Morgan fingerprint density at radius 3 is 2.58 bits per heavy atom. The number of aromatic amines is 1. The zero-order valence-corrected chi connectivity index (χ0v) is 14.1. The summed E-state index contributed by atoms with van der Waals surface area (Å²) in [7, 11) is 3.09. The van der Waals surface area contributed by atoms with Gasteiger partial charge in [0.2, 0.25) is 0 Å². The fourth-order valence-corrected chi connectivity index (χ4v) is 2.92. The summed E-state index contributed by atoms with van der Waals surface area (Å²) in [6, 6.07) is 12.3. The van der Waals surface area contributed by atoms with Crippen LogP contribution in [-0.4, -0.2) is 28.8 Å². The average Bonchev–Trinajstić information content (AvgIpc) is 2.98. The first-order valence-electron chi connectivity index (χ1n) is 7.89. The van der Waals surface area contributed by atoms with Crippen molar-refractivity contribution >= 4 is 22.6 Å². The molecule has 7 nitrogen and oxygen atoms in total. The molecule has 0 bridgehead atoms. The third-order valence-corrected chi connectivity index (χ3v) is 4.19. The molecule has 0 fully saturated rings. The standard InChI is InChI=1S/C19H15N3O4/c1-25-15-8-7-11(10-16(15)26-2)9-13-17-20-14-6-4-3-5-12(14)19(24)22(17)21-18(13)23/h3-10H,1-2H3,(H,21,23)/b13-9-. The van der Waals surface area contributed by atoms with Crippen molar-refractivity contribution in [2.24, 2.45) is 0 Å². The summed E-state index contributed by atoms with van der Waals surface area (Å²) in [5.74, 6) is 1.13. The van der Waals surface area contributed by atoms with Crippen LogP contribution in [0.4, 0.5) is 0 Å². The van der Waals surface area contributed by atoms with Gasteiger partial charge in [-0.2, -0.15) is 4.52 Å². The molecule has 0 unspecified atom stereocenters. The van der Waals surface area contributed by atoms with E-state index >= 15 is 0 Å². The smallest absolute Gasteiger partial charge is 0.280 e. The number of nitrogens with one attached hydrogen (secondary N) is 1. The van der Waals surface area contributed by atoms with Crippen LogP contribution in [0.5, 0.6) is 11.5 Å². The van der Waals surface area contributed by atoms with Gasteiger partial charge in [0.05, 0.1) is 30.3 Å². The third kappa shape index (κ3) is 2.41. The Bertz CT molecular complexity index is 1300. The molecular weight excluding hydrogens is 334 g/mol. The van der Waals surface area contributed by atoms with Gasteiger partial charge in [-0.25, -0.2) is 4.98 Å². The molecule has 0 radical (unpaired) electrons. The molecular formula is C19H15N3O4. The number of H-pyrrole nitrogens is 1. The van der Waals surface area contributed by atoms with E-state index < -0.39 is 0 Å². The van der Waals surface area contributed by atoms with Crippen LogP contribution in [0.15, 0.2) is 52.1 Å². The molecule has 2 aromatic heterocycles. The zero-order valence-electron chi connectivity index (χ0n) is 14.1. The highest BCUT2D eigenvalue weighted by Crippen LogP contribution is 2.27. The normalized spacial score (nSPS) is 12.0. The Labute approximate surface area is 147 Å². The Morgan fingerprint density at radius 2 is 1.81 bits per heavy atom. The van der Waals surface area contributed by atoms with E-state index in [9.17, 15) is 9.59 Å². The van der Waals surface area contributed by atoms with E-state index in [0.717, 1.165) is 5.56 Å². The lowest BCUT2D eigenvalue weighted by molar-refractivity contribution is 0.355. The number of ether oxygens (including phenoxy) is 2. The summed E-state index contributed by atoms with van der Waals surface area (Å²) >= 11 is 0. The first kappa shape index (κ1) is 15.9. The number of methoxy groups -OCH3 is 2. The number of nitrogens with zero attached hydrogens (tertiary/aromatic N) is 2. The van der Waals surface area contributed by atoms with Crippen LogP contribution in [0.2, 0.25) is 0 Å². The predicted octanol–water partition coefficient (Wildman–Crippen LogP) is 1.10. The number of fused-ring (bicyclic) bond motifs is 2. The first-order chi connectivity index (χ1) is 12.6. The summed E-state index contributed by atoms with van der Waals surface area (Å²) in [6.07, 6.45) is 1.66. The average molecular weight is 349 g/mol. The molecule has 0 aliphatic heterocycles. The molecule has 0 aliphatic carbocycles. The van der Waals surface area contributed by atoms with Gasteiger partial charge in [-0.15, -0.1) is 0 Å². The topological polar surface area (TPSA) is 85.7 Å². The molecule has 7 heteroatoms. The van der Waals surface area contributed by atoms with E-state index in [1.165, 1.54) is 4.52 Å². The summed E-state index contributed by atoms with van der Waals surface area (Å²) in [4.78, 5) is 29.5. The molecule has 1 N–H and O–H groups in total. The van der Waals surface area contributed by atoms with Crippen molar-refractivity contribution < 1.29 is 9.47 Å². The van der Waals surface area contributed by atoms with Gasteiger partial charge in [-0.3, -0.25) is 14.7 Å². The van der Waals surface area contributed by atoms with Gasteiger partial charge in [-0.05, 0) is 35.9 Å². The van der Waals surface area contributed by atoms with Gasteiger partial charge >= 0.3 is 0 Å². The van der Waals surface area contributed by atoms with Crippen molar-refractivity contribution in [2.45, 2.75) is 0 Å². The van der Waals surface area contributed by atoms with Crippen molar-refractivity contribution in [3.8, 4) is 11.5 Å². The lowest BCUT2D eigenvalue weighted by Gasteiger charge is -2.07. The maximum atomic E-state index is 12.6. The SMILES string of the molecule is COc1ccc(/C=c2\c(=O)[nH]n3c(=O)c4ccccc4nc23)cc1OC. The fraction of sp³-hybridized carbons (Fsp3) is 0.105. The van der Waals surface area contributed by atoms with Crippen molar-refractivity contribution in [1.82, 2.24) is 14.6 Å². The highest BCUT2D eigenvalue weighted by molar-refractivity contribution is 5.79. The number of hydrogen-bond donors (Lipinski definition) is 1. The summed E-state index contributed by atoms with van der Waals surface area (Å²) in [5, 5.41) is 3.31. The van der Waals surface area contributed by atoms with Crippen LogP contribution in [0.1, 0.15) is 5.56 Å². The monoisotopic (exact) mass is 349 g/mol. The minimum absolute atomic E-state index is 0.286. The molecule has 4 aromatic rings. The Balaban J connectivity index is 2.03. The van der Waals surface area contributed by atoms with E-state index in [-0.39, 0.29) is 16.8 Å². The molecule has 0 atom stereocenters. The molecule has 2 heterocycles. The van der Waals surface area contributed by atoms with E-state index in [1.807, 2.05) is 0 Å². The number of aromatic nitrogens is 3. The number of hydrogen-bond acceptors (Lipinski definition) is 5. The Kier molecular flexibility index (Phi) is 3.69. The second kappa shape index (κ2) is 6.03. The minimum Gasteiger partial charge on any atom is -0.493 e. The third-order valence-electron chi connectivity index (χ3n) is 4.19. The van der Waals surface area contributed by atoms with Crippen molar-refractivity contribution in [3.05, 3.63) is 74.0 Å². The summed E-state index contributed by atoms with van der Waals surface area (Å²) in [5.41, 5.74) is 0.852. The van der Waals surface area contributed by atoms with Gasteiger partial charge in [-0.1, -0.05) is 18.2 Å². The van der Waals surface area contributed by atoms with Gasteiger partial charge in [0.1, 0.15) is 0 Å². The van der Waals surface area contributed by atoms with Gasteiger partial charge < -0.3 is 9.47 Å². The molecule has 130 valence electrons. The second-order valence-electron chi connectivity index (χ2n) is 5.71. The van der Waals surface area contributed by atoms with E-state index in [0.29, 0.717) is 27.6 Å². The molecule has 2 aromatic carbocycles. The quantitative estimate of drug-likeness (QED) is 0.599. The maximum absolute atomic E-state index is 12.6. The zero-order chi connectivity index (χ0) is 18.3. The molecule has 0 saturated heterocycles. The van der Waals surface area contributed by atoms with E-state index in [2.05, 4.69) is 10.1 Å². The van der Waals surface area contributed by atoms with Crippen LogP contribution >= 0.6 is 0 Å². The Morgan fingerprint density at radius 1 is 1.04 bits per heavy atom. The number of rotatable bonds is 3. The highest BCUT2D eigenvalue weighted by atomic mass is 16.5.